The Kier molecular flexibility index (Phi) is 4.73. The van der Waals surface area contributed by atoms with Crippen molar-refractivity contribution in [1.82, 2.24) is 4.98 Å². The van der Waals surface area contributed by atoms with Gasteiger partial charge in [-0.1, -0.05) is 0 Å². The molecule has 136 valence electrons. The van der Waals surface area contributed by atoms with Gasteiger partial charge in [0.2, 0.25) is 0 Å². The normalized spacial score (nSPS) is 12.5. The molecule has 0 atom stereocenters. The Balaban J connectivity index is 2.24. The molecule has 0 N–H and O–H groups in total. The summed E-state index contributed by atoms with van der Waals surface area (Å²) in [5.41, 5.74) is 1.26. The third-order valence-corrected chi connectivity index (χ3v) is 12.2. The van der Waals surface area contributed by atoms with Crippen molar-refractivity contribution in [2.24, 2.45) is 0 Å². The molecule has 0 bridgehead atoms. The summed E-state index contributed by atoms with van der Waals surface area (Å²) in [5.74, 6) is -3.66. The SMILES string of the molecule is N#Cc1ccnc(P(Cl)(c2ccccc2)(c2ccccc2)c2ccccc2)c1. The van der Waals surface area contributed by atoms with Gasteiger partial charge in [-0.3, -0.25) is 0 Å². The van der Waals surface area contributed by atoms with Gasteiger partial charge in [0, 0.05) is 0 Å². The van der Waals surface area contributed by atoms with Crippen LogP contribution in [0.3, 0.4) is 0 Å². The topological polar surface area (TPSA) is 36.7 Å². The third-order valence-electron chi connectivity index (χ3n) is 5.03. The van der Waals surface area contributed by atoms with E-state index in [2.05, 4.69) is 42.5 Å². The average molecular weight is 401 g/mol. The van der Waals surface area contributed by atoms with E-state index in [1.807, 2.05) is 60.7 Å². The minimum atomic E-state index is -3.66. The number of benzene rings is 3. The maximum absolute atomic E-state index is 9.52. The molecule has 0 spiro atoms. The molecule has 3 aromatic carbocycles. The Morgan fingerprint density at radius 2 is 1.11 bits per heavy atom. The molecule has 28 heavy (non-hydrogen) atoms. The molecule has 0 radical (unpaired) electrons. The molecule has 0 saturated heterocycles. The number of hydrogen-bond donors (Lipinski definition) is 0. The standard InChI is InChI=1S/C24H18ClN2P/c25-28(21-10-4-1-5-11-21,22-12-6-2-7-13-22,23-14-8-3-9-15-23)24-18-20(19-26)16-17-27-24/h1-18H. The van der Waals surface area contributed by atoms with Crippen molar-refractivity contribution in [2.45, 2.75) is 0 Å². The van der Waals surface area contributed by atoms with Gasteiger partial charge in [-0.25, -0.2) is 0 Å². The summed E-state index contributed by atoms with van der Waals surface area (Å²) in [7, 11) is 0. The zero-order chi connectivity index (χ0) is 19.5. The van der Waals surface area contributed by atoms with E-state index in [1.54, 1.807) is 12.3 Å². The Labute approximate surface area is 169 Å². The van der Waals surface area contributed by atoms with Gasteiger partial charge >= 0.3 is 170 Å². The van der Waals surface area contributed by atoms with Crippen molar-refractivity contribution in [3.8, 4) is 6.07 Å². The van der Waals surface area contributed by atoms with Gasteiger partial charge in [0.05, 0.1) is 0 Å². The molecule has 0 aliphatic heterocycles. The van der Waals surface area contributed by atoms with Crippen LogP contribution < -0.4 is 21.3 Å². The predicted octanol–water partition coefficient (Wildman–Crippen LogP) is 4.26. The molecule has 0 fully saturated rings. The van der Waals surface area contributed by atoms with Crippen LogP contribution in [0.5, 0.6) is 0 Å². The number of aromatic nitrogens is 1. The summed E-state index contributed by atoms with van der Waals surface area (Å²) in [6.07, 6.45) is 1.67. The quantitative estimate of drug-likeness (QED) is 0.480. The second-order valence-electron chi connectivity index (χ2n) is 6.53. The number of rotatable bonds is 4. The van der Waals surface area contributed by atoms with Gasteiger partial charge in [0.15, 0.2) is 0 Å². The number of pyridine rings is 1. The van der Waals surface area contributed by atoms with Crippen molar-refractivity contribution in [3.63, 3.8) is 0 Å². The van der Waals surface area contributed by atoms with Crippen LogP contribution >= 0.6 is 17.2 Å². The van der Waals surface area contributed by atoms with E-state index in [0.717, 1.165) is 21.3 Å². The van der Waals surface area contributed by atoms with Crippen LogP contribution in [0.4, 0.5) is 0 Å². The number of nitriles is 1. The van der Waals surface area contributed by atoms with E-state index in [-0.39, 0.29) is 0 Å². The summed E-state index contributed by atoms with van der Waals surface area (Å²) in [6.45, 7) is 0. The van der Waals surface area contributed by atoms with Crippen LogP contribution in [0, 0.1) is 11.3 Å². The summed E-state index contributed by atoms with van der Waals surface area (Å²) in [6, 6.07) is 36.1. The zero-order valence-corrected chi connectivity index (χ0v) is 16.8. The first-order valence-electron chi connectivity index (χ1n) is 8.95. The molecule has 4 aromatic rings. The molecule has 1 aromatic heterocycles. The van der Waals surface area contributed by atoms with Crippen molar-refractivity contribution >= 4 is 38.5 Å². The Bertz CT molecular complexity index is 1040. The second kappa shape index (κ2) is 7.21. The van der Waals surface area contributed by atoms with Crippen molar-refractivity contribution in [1.29, 1.82) is 5.26 Å². The van der Waals surface area contributed by atoms with Gasteiger partial charge in [0.1, 0.15) is 0 Å². The van der Waals surface area contributed by atoms with Crippen molar-refractivity contribution < 1.29 is 0 Å². The van der Waals surface area contributed by atoms with Gasteiger partial charge < -0.3 is 0 Å². The van der Waals surface area contributed by atoms with Crippen LogP contribution in [0.15, 0.2) is 109 Å². The van der Waals surface area contributed by atoms with Crippen molar-refractivity contribution in [2.75, 3.05) is 0 Å². The van der Waals surface area contributed by atoms with E-state index < -0.39 is 5.96 Å². The number of halogens is 1. The molecule has 0 unspecified atom stereocenters. The zero-order valence-electron chi connectivity index (χ0n) is 15.1. The second-order valence-corrected chi connectivity index (χ2v) is 12.6. The van der Waals surface area contributed by atoms with E-state index in [0.29, 0.717) is 5.56 Å². The van der Waals surface area contributed by atoms with Crippen LogP contribution in [0.2, 0.25) is 0 Å². The van der Waals surface area contributed by atoms with Gasteiger partial charge in [0.25, 0.3) is 0 Å². The molecule has 2 nitrogen and oxygen atoms in total. The van der Waals surface area contributed by atoms with Crippen LogP contribution in [-0.4, -0.2) is 4.98 Å². The first-order chi connectivity index (χ1) is 13.7. The molecular weight excluding hydrogens is 383 g/mol. The fraction of sp³-hybridized carbons (Fsp3) is 0. The Morgan fingerprint density at radius 1 is 0.679 bits per heavy atom. The molecule has 0 amide bonds. The molecule has 0 aliphatic carbocycles. The van der Waals surface area contributed by atoms with E-state index in [1.165, 1.54) is 0 Å². The third kappa shape index (κ3) is 2.64. The molecule has 4 rings (SSSR count). The molecule has 1 heterocycles. The van der Waals surface area contributed by atoms with Crippen LogP contribution in [-0.2, 0) is 0 Å². The maximum atomic E-state index is 9.52. The molecular formula is C24H18ClN2P. The van der Waals surface area contributed by atoms with Crippen LogP contribution in [0.1, 0.15) is 5.56 Å². The van der Waals surface area contributed by atoms with E-state index >= 15 is 0 Å². The van der Waals surface area contributed by atoms with E-state index in [9.17, 15) is 5.26 Å². The predicted molar refractivity (Wildman–Crippen MR) is 120 cm³/mol. The monoisotopic (exact) mass is 400 g/mol. The summed E-state index contributed by atoms with van der Waals surface area (Å²) in [5, 5.41) is 12.5. The summed E-state index contributed by atoms with van der Waals surface area (Å²) < 4.78 is 0. The summed E-state index contributed by atoms with van der Waals surface area (Å²) >= 11 is 7.99. The summed E-state index contributed by atoms with van der Waals surface area (Å²) in [4.78, 5) is 4.74. The van der Waals surface area contributed by atoms with E-state index in [4.69, 9.17) is 16.2 Å². The van der Waals surface area contributed by atoms with Gasteiger partial charge in [-0.05, 0) is 0 Å². The first-order valence-corrected chi connectivity index (χ1v) is 12.1. The van der Waals surface area contributed by atoms with Gasteiger partial charge in [-0.2, -0.15) is 0 Å². The molecule has 0 saturated carbocycles. The average Bonchev–Trinajstić information content (AvgIpc) is 2.80. The fourth-order valence-corrected chi connectivity index (χ4v) is 9.53. The molecule has 4 heteroatoms. The Hall–Kier alpha value is -2.98. The first kappa shape index (κ1) is 18.4. The van der Waals surface area contributed by atoms with Crippen molar-refractivity contribution in [3.05, 3.63) is 115 Å². The van der Waals surface area contributed by atoms with Crippen LogP contribution in [0.25, 0.3) is 0 Å². The minimum absolute atomic E-state index is 0.544. The van der Waals surface area contributed by atoms with Gasteiger partial charge in [-0.15, -0.1) is 0 Å². The fourth-order valence-electron chi connectivity index (χ4n) is 3.69. The number of hydrogen-bond acceptors (Lipinski definition) is 2. The molecule has 0 aliphatic rings. The number of nitrogens with zero attached hydrogens (tertiary/aromatic N) is 2. The Morgan fingerprint density at radius 3 is 1.50 bits per heavy atom.